The van der Waals surface area contributed by atoms with Crippen LogP contribution in [0.2, 0.25) is 0 Å². The number of aliphatic hydroxyl groups excluding tert-OH is 1. The molecule has 0 aromatic rings. The van der Waals surface area contributed by atoms with Gasteiger partial charge < -0.3 is 14.6 Å². The third-order valence-corrected chi connectivity index (χ3v) is 2.00. The van der Waals surface area contributed by atoms with Crippen LogP contribution in [0.1, 0.15) is 33.1 Å². The maximum atomic E-state index is 9.38. The van der Waals surface area contributed by atoms with Gasteiger partial charge in [-0.1, -0.05) is 13.8 Å². The molecule has 0 spiro atoms. The molecule has 0 amide bonds. The summed E-state index contributed by atoms with van der Waals surface area (Å²) in [6, 6.07) is 0. The van der Waals surface area contributed by atoms with Crippen LogP contribution in [0.15, 0.2) is 0 Å². The lowest BCUT2D eigenvalue weighted by atomic mass is 10.2. The van der Waals surface area contributed by atoms with Crippen LogP contribution in [0, 0.1) is 5.92 Å². The number of hydrogen-bond donors (Lipinski definition) is 1. The zero-order valence-electron chi connectivity index (χ0n) is 7.82. The Morgan fingerprint density at radius 1 is 1.42 bits per heavy atom. The summed E-state index contributed by atoms with van der Waals surface area (Å²) in [5, 5.41) is 9.38. The Morgan fingerprint density at radius 2 is 2.17 bits per heavy atom. The molecule has 2 atom stereocenters. The molecule has 1 rings (SSSR count). The second-order valence-electron chi connectivity index (χ2n) is 3.57. The summed E-state index contributed by atoms with van der Waals surface area (Å²) in [5.74, 6) is 0.135. The highest BCUT2D eigenvalue weighted by molar-refractivity contribution is 4.56. The molecule has 1 fully saturated rings. The molecule has 2 unspecified atom stereocenters. The number of rotatable bonds is 3. The van der Waals surface area contributed by atoms with Crippen LogP contribution in [0.5, 0.6) is 0 Å². The van der Waals surface area contributed by atoms with Crippen molar-refractivity contribution < 1.29 is 14.6 Å². The molecule has 1 saturated heterocycles. The molecule has 1 aliphatic heterocycles. The first-order valence-corrected chi connectivity index (χ1v) is 4.65. The van der Waals surface area contributed by atoms with Gasteiger partial charge in [0.25, 0.3) is 0 Å². The SMILES string of the molecule is CC(C)C(O)OC1CCCCO1. The van der Waals surface area contributed by atoms with Gasteiger partial charge in [0.2, 0.25) is 0 Å². The van der Waals surface area contributed by atoms with E-state index in [0.29, 0.717) is 0 Å². The van der Waals surface area contributed by atoms with Crippen LogP contribution in [0.3, 0.4) is 0 Å². The minimum Gasteiger partial charge on any atom is -0.368 e. The van der Waals surface area contributed by atoms with Crippen molar-refractivity contribution >= 4 is 0 Å². The smallest absolute Gasteiger partial charge is 0.160 e. The van der Waals surface area contributed by atoms with E-state index < -0.39 is 6.29 Å². The molecular weight excluding hydrogens is 156 g/mol. The summed E-state index contributed by atoms with van der Waals surface area (Å²) >= 11 is 0. The van der Waals surface area contributed by atoms with Crippen LogP contribution in [0.25, 0.3) is 0 Å². The van der Waals surface area contributed by atoms with Gasteiger partial charge in [-0.3, -0.25) is 0 Å². The molecule has 72 valence electrons. The third-order valence-electron chi connectivity index (χ3n) is 2.00. The Bertz CT molecular complexity index is 119. The van der Waals surface area contributed by atoms with Gasteiger partial charge in [-0.2, -0.15) is 0 Å². The lowest BCUT2D eigenvalue weighted by molar-refractivity contribution is -0.252. The molecular formula is C9H18O3. The van der Waals surface area contributed by atoms with Crippen molar-refractivity contribution in [3.05, 3.63) is 0 Å². The molecule has 1 heterocycles. The predicted octanol–water partition coefficient (Wildman–Crippen LogP) is 1.50. The van der Waals surface area contributed by atoms with Crippen LogP contribution in [-0.2, 0) is 9.47 Å². The Kier molecular flexibility index (Phi) is 3.98. The van der Waals surface area contributed by atoms with Gasteiger partial charge in [0.15, 0.2) is 12.6 Å². The van der Waals surface area contributed by atoms with E-state index in [2.05, 4.69) is 0 Å². The molecule has 0 radical (unpaired) electrons. The van der Waals surface area contributed by atoms with Gasteiger partial charge in [-0.25, -0.2) is 0 Å². The summed E-state index contributed by atoms with van der Waals surface area (Å²) in [6.45, 7) is 4.61. The number of hydrogen-bond acceptors (Lipinski definition) is 3. The minimum absolute atomic E-state index is 0.135. The lowest BCUT2D eigenvalue weighted by Gasteiger charge is -2.26. The number of aliphatic hydroxyl groups is 1. The fourth-order valence-corrected chi connectivity index (χ4v) is 1.13. The summed E-state index contributed by atoms with van der Waals surface area (Å²) in [4.78, 5) is 0. The molecule has 0 aromatic carbocycles. The molecule has 0 aliphatic carbocycles. The molecule has 0 aromatic heterocycles. The first-order chi connectivity index (χ1) is 5.70. The van der Waals surface area contributed by atoms with E-state index in [4.69, 9.17) is 9.47 Å². The summed E-state index contributed by atoms with van der Waals surface area (Å²) < 4.78 is 10.6. The van der Waals surface area contributed by atoms with Gasteiger partial charge in [0.05, 0.1) is 0 Å². The summed E-state index contributed by atoms with van der Waals surface area (Å²) in [6.07, 6.45) is 2.28. The third kappa shape index (κ3) is 3.09. The second-order valence-corrected chi connectivity index (χ2v) is 3.57. The normalized spacial score (nSPS) is 27.5. The fourth-order valence-electron chi connectivity index (χ4n) is 1.13. The molecule has 3 nitrogen and oxygen atoms in total. The van der Waals surface area contributed by atoms with Gasteiger partial charge in [0, 0.05) is 12.5 Å². The largest absolute Gasteiger partial charge is 0.368 e. The Balaban J connectivity index is 2.20. The van der Waals surface area contributed by atoms with Crippen LogP contribution >= 0.6 is 0 Å². The zero-order valence-corrected chi connectivity index (χ0v) is 7.82. The fraction of sp³-hybridized carbons (Fsp3) is 1.00. The van der Waals surface area contributed by atoms with Crippen molar-refractivity contribution in [1.82, 2.24) is 0 Å². The van der Waals surface area contributed by atoms with Crippen molar-refractivity contribution in [2.24, 2.45) is 5.92 Å². The molecule has 1 N–H and O–H groups in total. The van der Waals surface area contributed by atoms with Crippen molar-refractivity contribution in [2.75, 3.05) is 6.61 Å². The van der Waals surface area contributed by atoms with Crippen molar-refractivity contribution in [1.29, 1.82) is 0 Å². The van der Waals surface area contributed by atoms with E-state index in [9.17, 15) is 5.11 Å². The molecule has 1 aliphatic rings. The Morgan fingerprint density at radius 3 is 2.67 bits per heavy atom. The van der Waals surface area contributed by atoms with Crippen molar-refractivity contribution in [2.45, 2.75) is 45.7 Å². The highest BCUT2D eigenvalue weighted by Crippen LogP contribution is 2.16. The Hall–Kier alpha value is -0.120. The van der Waals surface area contributed by atoms with E-state index in [-0.39, 0.29) is 12.2 Å². The summed E-state index contributed by atoms with van der Waals surface area (Å²) in [5.41, 5.74) is 0. The topological polar surface area (TPSA) is 38.7 Å². The minimum atomic E-state index is -0.687. The lowest BCUT2D eigenvalue weighted by Crippen LogP contribution is -2.30. The van der Waals surface area contributed by atoms with E-state index in [1.54, 1.807) is 0 Å². The van der Waals surface area contributed by atoms with Crippen LogP contribution in [0.4, 0.5) is 0 Å². The standard InChI is InChI=1S/C9H18O3/c1-7(2)9(10)12-8-5-3-4-6-11-8/h7-10H,3-6H2,1-2H3. The molecule has 12 heavy (non-hydrogen) atoms. The molecule has 3 heteroatoms. The van der Waals surface area contributed by atoms with E-state index in [1.807, 2.05) is 13.8 Å². The highest BCUT2D eigenvalue weighted by Gasteiger charge is 2.19. The Labute approximate surface area is 73.7 Å². The number of ether oxygens (including phenoxy) is 2. The van der Waals surface area contributed by atoms with Gasteiger partial charge in [0.1, 0.15) is 0 Å². The quantitative estimate of drug-likeness (QED) is 0.659. The van der Waals surface area contributed by atoms with E-state index >= 15 is 0 Å². The maximum absolute atomic E-state index is 9.38. The van der Waals surface area contributed by atoms with Crippen molar-refractivity contribution in [3.63, 3.8) is 0 Å². The first-order valence-electron chi connectivity index (χ1n) is 4.65. The predicted molar refractivity (Wildman–Crippen MR) is 45.5 cm³/mol. The van der Waals surface area contributed by atoms with E-state index in [1.165, 1.54) is 0 Å². The highest BCUT2D eigenvalue weighted by atomic mass is 16.7. The molecule has 0 saturated carbocycles. The maximum Gasteiger partial charge on any atom is 0.160 e. The van der Waals surface area contributed by atoms with Gasteiger partial charge in [-0.05, 0) is 19.3 Å². The van der Waals surface area contributed by atoms with Crippen LogP contribution < -0.4 is 0 Å². The monoisotopic (exact) mass is 174 g/mol. The average Bonchev–Trinajstić information content (AvgIpc) is 2.06. The zero-order chi connectivity index (χ0) is 8.97. The van der Waals surface area contributed by atoms with Crippen LogP contribution in [-0.4, -0.2) is 24.3 Å². The van der Waals surface area contributed by atoms with Gasteiger partial charge >= 0.3 is 0 Å². The second kappa shape index (κ2) is 4.80. The first kappa shape index (κ1) is 9.96. The summed E-state index contributed by atoms with van der Waals surface area (Å²) in [7, 11) is 0. The average molecular weight is 174 g/mol. The molecule has 0 bridgehead atoms. The van der Waals surface area contributed by atoms with Gasteiger partial charge in [-0.15, -0.1) is 0 Å². The van der Waals surface area contributed by atoms with Crippen molar-refractivity contribution in [3.8, 4) is 0 Å². The van der Waals surface area contributed by atoms with E-state index in [0.717, 1.165) is 25.9 Å².